The van der Waals surface area contributed by atoms with Gasteiger partial charge in [0, 0.05) is 30.7 Å². The Morgan fingerprint density at radius 3 is 2.25 bits per heavy atom. The molecule has 2 aromatic carbocycles. The molecule has 2 aromatic rings. The lowest BCUT2D eigenvalue weighted by molar-refractivity contribution is -0.126. The molecule has 0 saturated carbocycles. The Kier molecular flexibility index (Phi) is 6.47. The molecule has 28 heavy (non-hydrogen) atoms. The summed E-state index contributed by atoms with van der Waals surface area (Å²) in [4.78, 5) is 27.1. The molecule has 1 aliphatic heterocycles. The van der Waals surface area contributed by atoms with Crippen molar-refractivity contribution in [1.82, 2.24) is 10.2 Å². The largest absolute Gasteiger partial charge is 0.353 e. The first-order valence-electron chi connectivity index (χ1n) is 9.92. The smallest absolute Gasteiger partial charge is 0.253 e. The lowest BCUT2D eigenvalue weighted by Gasteiger charge is -2.33. The Morgan fingerprint density at radius 2 is 1.64 bits per heavy atom. The number of piperidine rings is 1. The van der Waals surface area contributed by atoms with Crippen molar-refractivity contribution in [2.45, 2.75) is 38.8 Å². The van der Waals surface area contributed by atoms with Crippen LogP contribution in [-0.4, -0.2) is 35.8 Å². The zero-order chi connectivity index (χ0) is 20.1. The van der Waals surface area contributed by atoms with Crippen molar-refractivity contribution in [3.63, 3.8) is 0 Å². The molecule has 1 saturated heterocycles. The average molecular weight is 380 g/mol. The molecule has 148 valence electrons. The fourth-order valence-electron chi connectivity index (χ4n) is 3.57. The van der Waals surface area contributed by atoms with Crippen LogP contribution in [0.5, 0.6) is 0 Å². The number of rotatable bonds is 5. The second-order valence-electron chi connectivity index (χ2n) is 7.67. The van der Waals surface area contributed by atoms with Crippen molar-refractivity contribution in [3.05, 3.63) is 71.3 Å². The van der Waals surface area contributed by atoms with Crippen molar-refractivity contribution in [3.8, 4) is 0 Å². The predicted octanol–water partition coefficient (Wildman–Crippen LogP) is 3.05. The quantitative estimate of drug-likeness (QED) is 0.838. The van der Waals surface area contributed by atoms with Crippen molar-refractivity contribution in [2.75, 3.05) is 13.1 Å². The zero-order valence-corrected chi connectivity index (χ0v) is 16.6. The number of nitrogens with two attached hydrogens (primary N) is 1. The van der Waals surface area contributed by atoms with Crippen LogP contribution in [-0.2, 0) is 4.79 Å². The Balaban J connectivity index is 1.50. The molecule has 0 spiro atoms. The number of nitrogens with zero attached hydrogens (tertiary/aromatic N) is 1. The van der Waals surface area contributed by atoms with Gasteiger partial charge in [0.25, 0.3) is 5.91 Å². The molecule has 0 radical (unpaired) electrons. The molecule has 2 amide bonds. The van der Waals surface area contributed by atoms with Crippen molar-refractivity contribution >= 4 is 11.8 Å². The van der Waals surface area contributed by atoms with Gasteiger partial charge in [-0.15, -0.1) is 0 Å². The van der Waals surface area contributed by atoms with E-state index in [2.05, 4.69) is 5.32 Å². The molecule has 3 N–H and O–H groups in total. The van der Waals surface area contributed by atoms with Gasteiger partial charge in [-0.3, -0.25) is 9.59 Å². The van der Waals surface area contributed by atoms with Gasteiger partial charge >= 0.3 is 0 Å². The molecule has 1 heterocycles. The molecule has 2 unspecified atom stereocenters. The second-order valence-corrected chi connectivity index (χ2v) is 7.67. The third-order valence-corrected chi connectivity index (χ3v) is 5.56. The Morgan fingerprint density at radius 1 is 1.04 bits per heavy atom. The van der Waals surface area contributed by atoms with E-state index in [4.69, 9.17) is 5.73 Å². The van der Waals surface area contributed by atoms with Crippen LogP contribution in [0, 0.1) is 12.8 Å². The topological polar surface area (TPSA) is 75.4 Å². The molecule has 0 bridgehead atoms. The molecule has 0 aliphatic carbocycles. The molecule has 0 aromatic heterocycles. The molecule has 2 atom stereocenters. The van der Waals surface area contributed by atoms with E-state index < -0.39 is 0 Å². The van der Waals surface area contributed by atoms with Crippen LogP contribution >= 0.6 is 0 Å². The minimum absolute atomic E-state index is 0.0281. The van der Waals surface area contributed by atoms with Crippen LogP contribution in [0.2, 0.25) is 0 Å². The number of nitrogens with one attached hydrogen (secondary N) is 1. The molecule has 3 rings (SSSR count). The van der Waals surface area contributed by atoms with Crippen molar-refractivity contribution < 1.29 is 9.59 Å². The highest BCUT2D eigenvalue weighted by Gasteiger charge is 2.28. The van der Waals surface area contributed by atoms with Crippen LogP contribution < -0.4 is 11.1 Å². The Hall–Kier alpha value is -2.66. The summed E-state index contributed by atoms with van der Waals surface area (Å²) in [5.74, 6) is -0.279. The average Bonchev–Trinajstić information content (AvgIpc) is 2.74. The Labute approximate surface area is 166 Å². The maximum absolute atomic E-state index is 12.6. The summed E-state index contributed by atoms with van der Waals surface area (Å²) < 4.78 is 0. The van der Waals surface area contributed by atoms with E-state index in [1.807, 2.05) is 73.3 Å². The molecule has 1 aliphatic rings. The molecule has 5 nitrogen and oxygen atoms in total. The highest BCUT2D eigenvalue weighted by atomic mass is 16.2. The summed E-state index contributed by atoms with van der Waals surface area (Å²) >= 11 is 0. The molecule has 1 fully saturated rings. The minimum Gasteiger partial charge on any atom is -0.353 e. The highest BCUT2D eigenvalue weighted by molar-refractivity contribution is 5.94. The van der Waals surface area contributed by atoms with Gasteiger partial charge in [0.15, 0.2) is 0 Å². The van der Waals surface area contributed by atoms with E-state index in [9.17, 15) is 9.59 Å². The number of benzene rings is 2. The van der Waals surface area contributed by atoms with Crippen LogP contribution in [0.25, 0.3) is 0 Å². The maximum atomic E-state index is 12.6. The summed E-state index contributed by atoms with van der Waals surface area (Å²) in [5.41, 5.74) is 9.09. The normalized spacial score (nSPS) is 17.0. The first-order valence-corrected chi connectivity index (χ1v) is 9.92. The SMILES string of the molecule is Cc1ccc(C(=O)N2CCC(NC(=O)C(C)C(N)c3ccccc3)CC2)cc1. The number of carbonyl (C=O) groups excluding carboxylic acids is 2. The first-order chi connectivity index (χ1) is 13.5. The lowest BCUT2D eigenvalue weighted by atomic mass is 9.94. The predicted molar refractivity (Wildman–Crippen MR) is 111 cm³/mol. The van der Waals surface area contributed by atoms with E-state index in [1.165, 1.54) is 0 Å². The third kappa shape index (κ3) is 4.78. The van der Waals surface area contributed by atoms with Gasteiger partial charge in [0.1, 0.15) is 0 Å². The van der Waals surface area contributed by atoms with Crippen LogP contribution in [0.1, 0.15) is 47.3 Å². The number of carbonyl (C=O) groups is 2. The fourth-order valence-corrected chi connectivity index (χ4v) is 3.57. The van der Waals surface area contributed by atoms with Crippen LogP contribution in [0.15, 0.2) is 54.6 Å². The number of aryl methyl sites for hydroxylation is 1. The summed E-state index contributed by atoms with van der Waals surface area (Å²) in [6, 6.07) is 17.1. The summed E-state index contributed by atoms with van der Waals surface area (Å²) in [7, 11) is 0. The Bertz CT molecular complexity index is 796. The number of hydrogen-bond donors (Lipinski definition) is 2. The van der Waals surface area contributed by atoms with Gasteiger partial charge in [-0.1, -0.05) is 55.0 Å². The van der Waals surface area contributed by atoms with Crippen LogP contribution in [0.4, 0.5) is 0 Å². The molecular formula is C23H29N3O2. The fraction of sp³-hybridized carbons (Fsp3) is 0.391. The summed E-state index contributed by atoms with van der Waals surface area (Å²) in [6.45, 7) is 5.17. The van der Waals surface area contributed by atoms with Gasteiger partial charge < -0.3 is 16.0 Å². The van der Waals surface area contributed by atoms with Crippen LogP contribution in [0.3, 0.4) is 0 Å². The lowest BCUT2D eigenvalue weighted by Crippen LogP contribution is -2.48. The second kappa shape index (κ2) is 9.02. The number of amides is 2. The maximum Gasteiger partial charge on any atom is 0.253 e. The van der Waals surface area contributed by atoms with E-state index in [0.717, 1.165) is 29.5 Å². The van der Waals surface area contributed by atoms with Crippen molar-refractivity contribution in [2.24, 2.45) is 11.7 Å². The summed E-state index contributed by atoms with van der Waals surface area (Å²) in [5, 5.41) is 3.12. The van der Waals surface area contributed by atoms with Gasteiger partial charge in [-0.2, -0.15) is 0 Å². The van der Waals surface area contributed by atoms with E-state index >= 15 is 0 Å². The standard InChI is InChI=1S/C23H29N3O2/c1-16-8-10-19(11-9-16)23(28)26-14-12-20(13-15-26)25-22(27)17(2)21(24)18-6-4-3-5-7-18/h3-11,17,20-21H,12-15,24H2,1-2H3,(H,25,27). The van der Waals surface area contributed by atoms with E-state index in [1.54, 1.807) is 0 Å². The molecule has 5 heteroatoms. The van der Waals surface area contributed by atoms with Crippen molar-refractivity contribution in [1.29, 1.82) is 0 Å². The third-order valence-electron chi connectivity index (χ3n) is 5.56. The number of likely N-dealkylation sites (tertiary alicyclic amines) is 1. The molecular weight excluding hydrogens is 350 g/mol. The van der Waals surface area contributed by atoms with Gasteiger partial charge in [0.05, 0.1) is 5.92 Å². The van der Waals surface area contributed by atoms with Gasteiger partial charge in [0.2, 0.25) is 5.91 Å². The van der Waals surface area contributed by atoms with Gasteiger partial charge in [-0.05, 0) is 37.5 Å². The monoisotopic (exact) mass is 379 g/mol. The summed E-state index contributed by atoms with van der Waals surface area (Å²) in [6.07, 6.45) is 1.52. The van der Waals surface area contributed by atoms with Gasteiger partial charge in [-0.25, -0.2) is 0 Å². The van der Waals surface area contributed by atoms with E-state index in [0.29, 0.717) is 13.1 Å². The van der Waals surface area contributed by atoms with E-state index in [-0.39, 0.29) is 29.8 Å². The first kappa shape index (κ1) is 20.1. The highest BCUT2D eigenvalue weighted by Crippen LogP contribution is 2.20. The zero-order valence-electron chi connectivity index (χ0n) is 16.6. The number of hydrogen-bond acceptors (Lipinski definition) is 3. The minimum atomic E-state index is -0.329.